The summed E-state index contributed by atoms with van der Waals surface area (Å²) in [5, 5.41) is 8.74. The van der Waals surface area contributed by atoms with E-state index < -0.39 is 18.0 Å². The van der Waals surface area contributed by atoms with Crippen molar-refractivity contribution in [3.05, 3.63) is 29.6 Å². The van der Waals surface area contributed by atoms with Crippen molar-refractivity contribution in [2.75, 3.05) is 0 Å². The molecule has 0 aliphatic carbocycles. The van der Waals surface area contributed by atoms with Crippen molar-refractivity contribution >= 4 is 17.0 Å². The number of carboxylic acid groups (broad SMARTS) is 1. The van der Waals surface area contributed by atoms with Crippen molar-refractivity contribution in [1.82, 2.24) is 9.55 Å². The maximum absolute atomic E-state index is 13.0. The summed E-state index contributed by atoms with van der Waals surface area (Å²) in [7, 11) is 0. The molecule has 0 atom stereocenters. The standard InChI is InChI=1S/C14H15F3N2O2/c1-2-3-6-19-11-5-4-9(8-12(20)21)7-10(11)18-13(19)14(15,16)17/h4-5,7H,2-3,6,8H2,1H3,(H,20,21). The van der Waals surface area contributed by atoms with E-state index in [1.165, 1.54) is 18.2 Å². The Hall–Kier alpha value is -2.05. The average Bonchev–Trinajstić information content (AvgIpc) is 2.73. The van der Waals surface area contributed by atoms with Gasteiger partial charge in [0.15, 0.2) is 0 Å². The number of imidazole rings is 1. The van der Waals surface area contributed by atoms with E-state index in [1.807, 2.05) is 6.92 Å². The second-order valence-electron chi connectivity index (χ2n) is 4.83. The number of aliphatic carboxylic acids is 1. The van der Waals surface area contributed by atoms with Crippen LogP contribution in [0.4, 0.5) is 13.2 Å². The summed E-state index contributed by atoms with van der Waals surface area (Å²) in [6, 6.07) is 4.44. The van der Waals surface area contributed by atoms with Crippen LogP contribution >= 0.6 is 0 Å². The van der Waals surface area contributed by atoms with Crippen molar-refractivity contribution in [3.63, 3.8) is 0 Å². The topological polar surface area (TPSA) is 55.1 Å². The molecule has 0 bridgehead atoms. The van der Waals surface area contributed by atoms with E-state index in [-0.39, 0.29) is 18.5 Å². The van der Waals surface area contributed by atoms with Crippen LogP contribution in [0.2, 0.25) is 0 Å². The number of rotatable bonds is 5. The molecule has 1 aromatic carbocycles. The Morgan fingerprint density at radius 3 is 2.67 bits per heavy atom. The third-order valence-corrected chi connectivity index (χ3v) is 3.16. The van der Waals surface area contributed by atoms with Crippen LogP contribution in [0.25, 0.3) is 11.0 Å². The predicted octanol–water partition coefficient (Wildman–Crippen LogP) is 3.48. The molecule has 0 radical (unpaired) electrons. The van der Waals surface area contributed by atoms with E-state index >= 15 is 0 Å². The zero-order chi connectivity index (χ0) is 15.6. The number of carbonyl (C=O) groups is 1. The number of hydrogen-bond acceptors (Lipinski definition) is 2. The van der Waals surface area contributed by atoms with Gasteiger partial charge >= 0.3 is 12.1 Å². The largest absolute Gasteiger partial charge is 0.481 e. The van der Waals surface area contributed by atoms with E-state index in [2.05, 4.69) is 4.98 Å². The molecule has 1 heterocycles. The van der Waals surface area contributed by atoms with Crippen LogP contribution < -0.4 is 0 Å². The van der Waals surface area contributed by atoms with E-state index in [9.17, 15) is 18.0 Å². The molecule has 0 saturated heterocycles. The normalized spacial score (nSPS) is 12.0. The van der Waals surface area contributed by atoms with E-state index in [0.29, 0.717) is 17.5 Å². The van der Waals surface area contributed by atoms with Gasteiger partial charge in [0, 0.05) is 6.54 Å². The highest BCUT2D eigenvalue weighted by Gasteiger charge is 2.37. The lowest BCUT2D eigenvalue weighted by Gasteiger charge is -2.10. The first-order valence-electron chi connectivity index (χ1n) is 6.61. The van der Waals surface area contributed by atoms with Crippen molar-refractivity contribution < 1.29 is 23.1 Å². The molecule has 1 aromatic heterocycles. The molecule has 0 aliphatic heterocycles. The molecule has 0 fully saturated rings. The molecule has 21 heavy (non-hydrogen) atoms. The number of hydrogen-bond donors (Lipinski definition) is 1. The summed E-state index contributed by atoms with van der Waals surface area (Å²) in [4.78, 5) is 14.3. The van der Waals surface area contributed by atoms with Crippen LogP contribution in [0, 0.1) is 0 Å². The van der Waals surface area contributed by atoms with Gasteiger partial charge in [0.2, 0.25) is 5.82 Å². The molecule has 0 spiro atoms. The number of fused-ring (bicyclic) bond motifs is 1. The van der Waals surface area contributed by atoms with E-state index in [0.717, 1.165) is 11.0 Å². The summed E-state index contributed by atoms with van der Waals surface area (Å²) in [6.45, 7) is 2.14. The molecule has 2 aromatic rings. The van der Waals surface area contributed by atoms with E-state index in [4.69, 9.17) is 5.11 Å². The second-order valence-corrected chi connectivity index (χ2v) is 4.83. The molecule has 0 saturated carbocycles. The van der Waals surface area contributed by atoms with E-state index in [1.54, 1.807) is 0 Å². The fraction of sp³-hybridized carbons (Fsp3) is 0.429. The SMILES string of the molecule is CCCCn1c(C(F)(F)F)nc2cc(CC(=O)O)ccc21. The summed E-state index contributed by atoms with van der Waals surface area (Å²) >= 11 is 0. The fourth-order valence-corrected chi connectivity index (χ4v) is 2.22. The monoisotopic (exact) mass is 300 g/mol. The Bertz CT molecular complexity index is 662. The lowest BCUT2D eigenvalue weighted by Crippen LogP contribution is -2.15. The number of nitrogens with zero attached hydrogens (tertiary/aromatic N) is 2. The first kappa shape index (κ1) is 15.3. The average molecular weight is 300 g/mol. The minimum atomic E-state index is -4.53. The predicted molar refractivity (Wildman–Crippen MR) is 71.0 cm³/mol. The Labute approximate surface area is 119 Å². The van der Waals surface area contributed by atoms with Gasteiger partial charge in [0.1, 0.15) is 0 Å². The van der Waals surface area contributed by atoms with Gasteiger partial charge in [-0.25, -0.2) is 4.98 Å². The quantitative estimate of drug-likeness (QED) is 0.919. The highest BCUT2D eigenvalue weighted by molar-refractivity contribution is 5.79. The Morgan fingerprint density at radius 2 is 2.10 bits per heavy atom. The zero-order valence-electron chi connectivity index (χ0n) is 11.4. The first-order valence-corrected chi connectivity index (χ1v) is 6.61. The molecular formula is C14H15F3N2O2. The summed E-state index contributed by atoms with van der Waals surface area (Å²) < 4.78 is 40.3. The summed E-state index contributed by atoms with van der Waals surface area (Å²) in [6.07, 6.45) is -3.38. The van der Waals surface area contributed by atoms with Crippen LogP contribution in [0.1, 0.15) is 31.2 Å². The van der Waals surface area contributed by atoms with Crippen molar-refractivity contribution in [1.29, 1.82) is 0 Å². The molecule has 1 N–H and O–H groups in total. The number of aromatic nitrogens is 2. The van der Waals surface area contributed by atoms with Crippen LogP contribution in [0.5, 0.6) is 0 Å². The molecule has 0 aliphatic rings. The number of alkyl halides is 3. The Balaban J connectivity index is 2.53. The van der Waals surface area contributed by atoms with Crippen molar-refractivity contribution in [2.45, 2.75) is 38.9 Å². The first-order chi connectivity index (χ1) is 9.82. The third-order valence-electron chi connectivity index (χ3n) is 3.16. The van der Waals surface area contributed by atoms with Gasteiger partial charge in [-0.2, -0.15) is 13.2 Å². The lowest BCUT2D eigenvalue weighted by atomic mass is 10.1. The number of carboxylic acids is 1. The van der Waals surface area contributed by atoms with Gasteiger partial charge in [-0.1, -0.05) is 19.4 Å². The zero-order valence-corrected chi connectivity index (χ0v) is 11.4. The van der Waals surface area contributed by atoms with Crippen molar-refractivity contribution in [2.24, 2.45) is 0 Å². The van der Waals surface area contributed by atoms with Crippen LogP contribution in [0.15, 0.2) is 18.2 Å². The second kappa shape index (κ2) is 5.75. The molecular weight excluding hydrogens is 285 g/mol. The number of benzene rings is 1. The molecule has 7 heteroatoms. The van der Waals surface area contributed by atoms with Crippen LogP contribution in [0.3, 0.4) is 0 Å². The van der Waals surface area contributed by atoms with Gasteiger partial charge in [0.05, 0.1) is 17.5 Å². The smallest absolute Gasteiger partial charge is 0.449 e. The van der Waals surface area contributed by atoms with Gasteiger partial charge < -0.3 is 9.67 Å². The van der Waals surface area contributed by atoms with Crippen molar-refractivity contribution in [3.8, 4) is 0 Å². The number of aryl methyl sites for hydroxylation is 1. The third kappa shape index (κ3) is 3.34. The molecule has 114 valence electrons. The highest BCUT2D eigenvalue weighted by Crippen LogP contribution is 2.32. The minimum absolute atomic E-state index is 0.178. The number of unbranched alkanes of at least 4 members (excludes halogenated alkanes) is 1. The maximum atomic E-state index is 13.0. The molecule has 4 nitrogen and oxygen atoms in total. The molecule has 0 unspecified atom stereocenters. The summed E-state index contributed by atoms with van der Waals surface area (Å²) in [5.74, 6) is -1.96. The molecule has 0 amide bonds. The van der Waals surface area contributed by atoms with Crippen LogP contribution in [-0.2, 0) is 23.9 Å². The van der Waals surface area contributed by atoms with Gasteiger partial charge in [0.25, 0.3) is 0 Å². The van der Waals surface area contributed by atoms with Gasteiger partial charge in [-0.3, -0.25) is 4.79 Å². The number of halogens is 3. The minimum Gasteiger partial charge on any atom is -0.481 e. The molecule has 2 rings (SSSR count). The highest BCUT2D eigenvalue weighted by atomic mass is 19.4. The summed E-state index contributed by atoms with van der Waals surface area (Å²) in [5.41, 5.74) is 0.992. The Kier molecular flexibility index (Phi) is 4.20. The van der Waals surface area contributed by atoms with Crippen LogP contribution in [-0.4, -0.2) is 20.6 Å². The fourth-order valence-electron chi connectivity index (χ4n) is 2.22. The maximum Gasteiger partial charge on any atom is 0.449 e. The lowest BCUT2D eigenvalue weighted by molar-refractivity contribution is -0.147. The Morgan fingerprint density at radius 1 is 1.38 bits per heavy atom. The van der Waals surface area contributed by atoms with Gasteiger partial charge in [-0.05, 0) is 24.1 Å². The van der Waals surface area contributed by atoms with Gasteiger partial charge in [-0.15, -0.1) is 0 Å².